The monoisotopic (exact) mass is 343 g/mol. The van der Waals surface area contributed by atoms with Crippen molar-refractivity contribution in [2.75, 3.05) is 25.6 Å². The van der Waals surface area contributed by atoms with Crippen molar-refractivity contribution >= 4 is 21.7 Å². The molecule has 1 aliphatic rings. The van der Waals surface area contributed by atoms with Crippen molar-refractivity contribution < 1.29 is 9.47 Å². The lowest BCUT2D eigenvalue weighted by atomic mass is 10.2. The van der Waals surface area contributed by atoms with Gasteiger partial charge < -0.3 is 14.8 Å². The molecule has 0 saturated carbocycles. The maximum absolute atomic E-state index is 5.66. The van der Waals surface area contributed by atoms with Gasteiger partial charge in [0.1, 0.15) is 11.6 Å². The maximum Gasteiger partial charge on any atom is 0.144 e. The second-order valence-electron chi connectivity index (χ2n) is 4.95. The third kappa shape index (κ3) is 4.14. The molecular formula is C14H22BrN3O2. The van der Waals surface area contributed by atoms with E-state index < -0.39 is 0 Å². The Balaban J connectivity index is 2.18. The fourth-order valence-corrected chi connectivity index (χ4v) is 2.67. The second kappa shape index (κ2) is 7.90. The minimum atomic E-state index is 0.255. The summed E-state index contributed by atoms with van der Waals surface area (Å²) in [6.07, 6.45) is 4.30. The molecule has 1 saturated heterocycles. The van der Waals surface area contributed by atoms with Gasteiger partial charge in [0.05, 0.1) is 22.9 Å². The Morgan fingerprint density at radius 1 is 1.45 bits per heavy atom. The Bertz CT molecular complexity index is 437. The molecule has 0 radical (unpaired) electrons. The summed E-state index contributed by atoms with van der Waals surface area (Å²) in [6, 6.07) is 0. The minimum absolute atomic E-state index is 0.255. The van der Waals surface area contributed by atoms with Crippen LogP contribution in [-0.2, 0) is 22.5 Å². The summed E-state index contributed by atoms with van der Waals surface area (Å²) in [5, 5.41) is 3.33. The number of ether oxygens (including phenoxy) is 2. The van der Waals surface area contributed by atoms with Gasteiger partial charge in [-0.2, -0.15) is 0 Å². The standard InChI is InChI=1S/C14H22BrN3O2/c1-3-6-16-14-13(15)11(9-19-2)17-12(18-14)8-10-5-4-7-20-10/h10H,3-9H2,1-2H3,(H,16,17,18). The first-order valence-electron chi connectivity index (χ1n) is 7.14. The maximum atomic E-state index is 5.66. The Morgan fingerprint density at radius 2 is 2.30 bits per heavy atom. The van der Waals surface area contributed by atoms with E-state index in [9.17, 15) is 0 Å². The number of hydrogen-bond acceptors (Lipinski definition) is 5. The quantitative estimate of drug-likeness (QED) is 0.824. The molecule has 5 nitrogen and oxygen atoms in total. The van der Waals surface area contributed by atoms with Gasteiger partial charge in [-0.3, -0.25) is 0 Å². The number of nitrogens with zero attached hydrogens (tertiary/aromatic N) is 2. The summed E-state index contributed by atoms with van der Waals surface area (Å²) in [7, 11) is 1.67. The molecule has 1 unspecified atom stereocenters. The van der Waals surface area contributed by atoms with E-state index in [1.807, 2.05) is 0 Å². The van der Waals surface area contributed by atoms with E-state index in [0.29, 0.717) is 6.61 Å². The van der Waals surface area contributed by atoms with Gasteiger partial charge >= 0.3 is 0 Å². The van der Waals surface area contributed by atoms with E-state index in [2.05, 4.69) is 38.1 Å². The van der Waals surface area contributed by atoms with Crippen LogP contribution >= 0.6 is 15.9 Å². The molecule has 1 aromatic heterocycles. The van der Waals surface area contributed by atoms with E-state index in [1.54, 1.807) is 7.11 Å². The zero-order valence-corrected chi connectivity index (χ0v) is 13.7. The molecule has 2 heterocycles. The van der Waals surface area contributed by atoms with Gasteiger partial charge in [0, 0.05) is 26.7 Å². The Labute approximate surface area is 128 Å². The number of hydrogen-bond donors (Lipinski definition) is 1. The van der Waals surface area contributed by atoms with E-state index in [-0.39, 0.29) is 6.10 Å². The average molecular weight is 344 g/mol. The number of aromatic nitrogens is 2. The highest BCUT2D eigenvalue weighted by Gasteiger charge is 2.19. The molecular weight excluding hydrogens is 322 g/mol. The summed E-state index contributed by atoms with van der Waals surface area (Å²) in [6.45, 7) is 4.35. The summed E-state index contributed by atoms with van der Waals surface area (Å²) in [5.74, 6) is 1.67. The third-order valence-corrected chi connectivity index (χ3v) is 4.06. The zero-order valence-electron chi connectivity index (χ0n) is 12.1. The first kappa shape index (κ1) is 15.7. The molecule has 20 heavy (non-hydrogen) atoms. The molecule has 1 fully saturated rings. The SMILES string of the molecule is CCCNc1nc(CC2CCCO2)nc(COC)c1Br. The number of nitrogens with one attached hydrogen (secondary N) is 1. The van der Waals surface area contributed by atoms with Crippen molar-refractivity contribution in [3.05, 3.63) is 16.0 Å². The van der Waals surface area contributed by atoms with Crippen molar-refractivity contribution in [2.24, 2.45) is 0 Å². The lowest BCUT2D eigenvalue weighted by Crippen LogP contribution is -2.15. The number of methoxy groups -OCH3 is 1. The molecule has 1 aromatic rings. The average Bonchev–Trinajstić information content (AvgIpc) is 2.94. The first-order chi connectivity index (χ1) is 9.74. The van der Waals surface area contributed by atoms with Gasteiger partial charge in [0.2, 0.25) is 0 Å². The van der Waals surface area contributed by atoms with Crippen LogP contribution < -0.4 is 5.32 Å². The molecule has 0 aromatic carbocycles. The normalized spacial score (nSPS) is 18.4. The van der Waals surface area contributed by atoms with Crippen LogP contribution in [0.3, 0.4) is 0 Å². The fourth-order valence-electron chi connectivity index (χ4n) is 2.24. The van der Waals surface area contributed by atoms with Crippen LogP contribution in [-0.4, -0.2) is 36.3 Å². The van der Waals surface area contributed by atoms with Gasteiger partial charge in [-0.1, -0.05) is 6.92 Å². The van der Waals surface area contributed by atoms with Gasteiger partial charge in [-0.25, -0.2) is 9.97 Å². The predicted molar refractivity (Wildman–Crippen MR) is 81.9 cm³/mol. The van der Waals surface area contributed by atoms with Crippen LogP contribution in [0.2, 0.25) is 0 Å². The topological polar surface area (TPSA) is 56.3 Å². The molecule has 0 amide bonds. The Morgan fingerprint density at radius 3 is 2.95 bits per heavy atom. The minimum Gasteiger partial charge on any atom is -0.378 e. The van der Waals surface area contributed by atoms with Crippen molar-refractivity contribution in [1.29, 1.82) is 0 Å². The van der Waals surface area contributed by atoms with Gasteiger partial charge in [0.15, 0.2) is 0 Å². The van der Waals surface area contributed by atoms with Crippen LogP contribution in [0.5, 0.6) is 0 Å². The van der Waals surface area contributed by atoms with E-state index >= 15 is 0 Å². The number of anilines is 1. The van der Waals surface area contributed by atoms with Gasteiger partial charge in [-0.05, 0) is 35.2 Å². The molecule has 0 spiro atoms. The largest absolute Gasteiger partial charge is 0.378 e. The highest BCUT2D eigenvalue weighted by Crippen LogP contribution is 2.25. The van der Waals surface area contributed by atoms with Crippen molar-refractivity contribution in [2.45, 2.75) is 45.3 Å². The van der Waals surface area contributed by atoms with Crippen LogP contribution in [0.4, 0.5) is 5.82 Å². The predicted octanol–water partition coefficient (Wildman–Crippen LogP) is 2.93. The highest BCUT2D eigenvalue weighted by molar-refractivity contribution is 9.10. The van der Waals surface area contributed by atoms with Crippen molar-refractivity contribution in [1.82, 2.24) is 9.97 Å². The smallest absolute Gasteiger partial charge is 0.144 e. The van der Waals surface area contributed by atoms with Crippen LogP contribution in [0.25, 0.3) is 0 Å². The summed E-state index contributed by atoms with van der Waals surface area (Å²) < 4.78 is 11.8. The summed E-state index contributed by atoms with van der Waals surface area (Å²) >= 11 is 3.56. The molecule has 112 valence electrons. The number of rotatable bonds is 7. The first-order valence-corrected chi connectivity index (χ1v) is 7.93. The Kier molecular flexibility index (Phi) is 6.19. The highest BCUT2D eigenvalue weighted by atomic mass is 79.9. The molecule has 1 aliphatic heterocycles. The van der Waals surface area contributed by atoms with E-state index in [0.717, 1.165) is 60.6 Å². The second-order valence-corrected chi connectivity index (χ2v) is 5.74. The van der Waals surface area contributed by atoms with Gasteiger partial charge in [0.25, 0.3) is 0 Å². The third-order valence-electron chi connectivity index (χ3n) is 3.22. The number of halogens is 1. The molecule has 1 N–H and O–H groups in total. The Hall–Kier alpha value is -0.720. The fraction of sp³-hybridized carbons (Fsp3) is 0.714. The van der Waals surface area contributed by atoms with E-state index in [1.165, 1.54) is 0 Å². The molecule has 0 bridgehead atoms. The zero-order chi connectivity index (χ0) is 14.4. The van der Waals surface area contributed by atoms with E-state index in [4.69, 9.17) is 9.47 Å². The lowest BCUT2D eigenvalue weighted by molar-refractivity contribution is 0.109. The van der Waals surface area contributed by atoms with Crippen LogP contribution in [0.15, 0.2) is 4.47 Å². The van der Waals surface area contributed by atoms with Crippen LogP contribution in [0.1, 0.15) is 37.7 Å². The lowest BCUT2D eigenvalue weighted by Gasteiger charge is -2.14. The molecule has 6 heteroatoms. The molecule has 1 atom stereocenters. The van der Waals surface area contributed by atoms with Crippen molar-refractivity contribution in [3.8, 4) is 0 Å². The summed E-state index contributed by atoms with van der Waals surface area (Å²) in [4.78, 5) is 9.20. The summed E-state index contributed by atoms with van der Waals surface area (Å²) in [5.41, 5.74) is 0.883. The van der Waals surface area contributed by atoms with Crippen LogP contribution in [0, 0.1) is 0 Å². The molecule has 0 aliphatic carbocycles. The molecule has 2 rings (SSSR count). The van der Waals surface area contributed by atoms with Crippen molar-refractivity contribution in [3.63, 3.8) is 0 Å². The van der Waals surface area contributed by atoms with Gasteiger partial charge in [-0.15, -0.1) is 0 Å².